The molecule has 4 rings (SSSR count). The Labute approximate surface area is 148 Å². The van der Waals surface area contributed by atoms with Crippen molar-refractivity contribution in [3.8, 4) is 0 Å². The third-order valence-corrected chi connectivity index (χ3v) is 7.46. The first-order chi connectivity index (χ1) is 12.0. The molecule has 1 fully saturated rings. The first-order valence-electron chi connectivity index (χ1n) is 9.23. The second-order valence-electron chi connectivity index (χ2n) is 7.08. The largest absolute Gasteiger partial charge is 0.358 e. The van der Waals surface area contributed by atoms with Crippen LogP contribution in [0.3, 0.4) is 0 Å². The molecule has 0 atom stereocenters. The van der Waals surface area contributed by atoms with Crippen molar-refractivity contribution in [1.29, 1.82) is 0 Å². The lowest BCUT2D eigenvalue weighted by molar-refractivity contribution is 0.0974. The van der Waals surface area contributed by atoms with Crippen LogP contribution in [0.5, 0.6) is 0 Å². The van der Waals surface area contributed by atoms with E-state index in [9.17, 15) is 13.2 Å². The molecule has 0 saturated carbocycles. The summed E-state index contributed by atoms with van der Waals surface area (Å²) in [5.74, 6) is 0.168. The highest BCUT2D eigenvalue weighted by atomic mass is 32.2. The van der Waals surface area contributed by atoms with Crippen LogP contribution in [0.15, 0.2) is 17.0 Å². The number of carbonyl (C=O) groups excluding carboxylic acids is 1. The number of rotatable bonds is 3. The predicted molar refractivity (Wildman–Crippen MR) is 97.6 cm³/mol. The number of piperidine rings is 1. The molecule has 0 bridgehead atoms. The molecule has 1 aromatic heterocycles. The van der Waals surface area contributed by atoms with E-state index in [4.69, 9.17) is 0 Å². The second kappa shape index (κ2) is 6.25. The molecule has 6 heteroatoms. The van der Waals surface area contributed by atoms with E-state index in [0.29, 0.717) is 30.8 Å². The van der Waals surface area contributed by atoms with E-state index in [1.165, 1.54) is 0 Å². The van der Waals surface area contributed by atoms with Crippen LogP contribution in [0.2, 0.25) is 0 Å². The van der Waals surface area contributed by atoms with E-state index in [2.05, 4.69) is 4.98 Å². The Morgan fingerprint density at radius 2 is 1.84 bits per heavy atom. The number of sulfonamides is 1. The summed E-state index contributed by atoms with van der Waals surface area (Å²) in [6.07, 6.45) is 5.87. The number of fused-ring (bicyclic) bond motifs is 3. The molecule has 0 radical (unpaired) electrons. The average Bonchev–Trinajstić information content (AvgIpc) is 3.00. The summed E-state index contributed by atoms with van der Waals surface area (Å²) in [6, 6.07) is 3.68. The van der Waals surface area contributed by atoms with Crippen molar-refractivity contribution in [3.63, 3.8) is 0 Å². The molecule has 5 nitrogen and oxygen atoms in total. The molecule has 0 spiro atoms. The van der Waals surface area contributed by atoms with Crippen molar-refractivity contribution in [2.45, 2.75) is 56.8 Å². The van der Waals surface area contributed by atoms with Crippen LogP contribution in [0, 0.1) is 0 Å². The highest BCUT2D eigenvalue weighted by Crippen LogP contribution is 2.34. The zero-order chi connectivity index (χ0) is 17.6. The van der Waals surface area contributed by atoms with Crippen molar-refractivity contribution in [2.24, 2.45) is 0 Å². The van der Waals surface area contributed by atoms with Gasteiger partial charge in [-0.05, 0) is 49.8 Å². The smallest absolute Gasteiger partial charge is 0.243 e. The Kier molecular flexibility index (Phi) is 4.20. The summed E-state index contributed by atoms with van der Waals surface area (Å²) in [5, 5.41) is 0.883. The SMILES string of the molecule is CCc1cc2c3c([nH]c2cc1S(=O)(=O)N1CCCCC1)CCCC3=O. The maximum Gasteiger partial charge on any atom is 0.243 e. The summed E-state index contributed by atoms with van der Waals surface area (Å²) < 4.78 is 27.9. The minimum atomic E-state index is -3.48. The molecular formula is C19H24N2O3S. The maximum absolute atomic E-state index is 13.2. The molecule has 0 unspecified atom stereocenters. The second-order valence-corrected chi connectivity index (χ2v) is 8.99. The van der Waals surface area contributed by atoms with E-state index >= 15 is 0 Å². The number of hydrogen-bond acceptors (Lipinski definition) is 3. The van der Waals surface area contributed by atoms with Crippen LogP contribution in [-0.2, 0) is 22.9 Å². The highest BCUT2D eigenvalue weighted by molar-refractivity contribution is 7.89. The topological polar surface area (TPSA) is 70.2 Å². The first-order valence-corrected chi connectivity index (χ1v) is 10.7. The molecule has 1 aliphatic carbocycles. The Morgan fingerprint density at radius 3 is 2.56 bits per heavy atom. The zero-order valence-electron chi connectivity index (χ0n) is 14.6. The predicted octanol–water partition coefficient (Wildman–Crippen LogP) is 3.42. The van der Waals surface area contributed by atoms with Crippen LogP contribution < -0.4 is 0 Å². The molecule has 0 amide bonds. The number of nitrogens with one attached hydrogen (secondary N) is 1. The van der Waals surface area contributed by atoms with Gasteiger partial charge in [-0.3, -0.25) is 4.79 Å². The third-order valence-electron chi connectivity index (χ3n) is 5.48. The van der Waals surface area contributed by atoms with Gasteiger partial charge in [0.2, 0.25) is 10.0 Å². The van der Waals surface area contributed by atoms with Crippen LogP contribution in [0.1, 0.15) is 60.6 Å². The van der Waals surface area contributed by atoms with Gasteiger partial charge in [0.15, 0.2) is 5.78 Å². The van der Waals surface area contributed by atoms with Gasteiger partial charge in [-0.15, -0.1) is 0 Å². The molecule has 2 heterocycles. The fourth-order valence-electron chi connectivity index (χ4n) is 4.14. The Morgan fingerprint density at radius 1 is 1.08 bits per heavy atom. The van der Waals surface area contributed by atoms with Gasteiger partial charge < -0.3 is 4.98 Å². The summed E-state index contributed by atoms with van der Waals surface area (Å²) in [5.41, 5.74) is 3.31. The van der Waals surface area contributed by atoms with Crippen molar-refractivity contribution in [3.05, 3.63) is 29.0 Å². The van der Waals surface area contributed by atoms with Crippen molar-refractivity contribution in [2.75, 3.05) is 13.1 Å². The number of aromatic nitrogens is 1. The minimum absolute atomic E-state index is 0.168. The van der Waals surface area contributed by atoms with Crippen LogP contribution in [0.4, 0.5) is 0 Å². The number of Topliss-reactive ketones (excluding diaryl/α,β-unsaturated/α-hetero) is 1. The highest BCUT2D eigenvalue weighted by Gasteiger charge is 2.30. The van der Waals surface area contributed by atoms with E-state index in [1.807, 2.05) is 13.0 Å². The van der Waals surface area contributed by atoms with Gasteiger partial charge in [-0.1, -0.05) is 13.3 Å². The molecule has 2 aliphatic rings. The molecule has 1 aromatic carbocycles. The Balaban J connectivity index is 1.88. The standard InChI is InChI=1S/C19H24N2O3S/c1-2-13-11-14-16(20-15-7-6-8-17(22)19(14)15)12-18(13)25(23,24)21-9-4-3-5-10-21/h11-12,20H,2-10H2,1H3. The van der Waals surface area contributed by atoms with Crippen molar-refractivity contribution in [1.82, 2.24) is 9.29 Å². The summed E-state index contributed by atoms with van der Waals surface area (Å²) >= 11 is 0. The lowest BCUT2D eigenvalue weighted by Crippen LogP contribution is -2.36. The van der Waals surface area contributed by atoms with E-state index in [0.717, 1.165) is 59.8 Å². The van der Waals surface area contributed by atoms with Crippen molar-refractivity contribution >= 4 is 26.7 Å². The number of H-pyrrole nitrogens is 1. The number of hydrogen-bond donors (Lipinski definition) is 1. The summed E-state index contributed by atoms with van der Waals surface area (Å²) in [4.78, 5) is 16.1. The lowest BCUT2D eigenvalue weighted by atomic mass is 9.94. The lowest BCUT2D eigenvalue weighted by Gasteiger charge is -2.26. The van der Waals surface area contributed by atoms with Gasteiger partial charge in [-0.2, -0.15) is 4.31 Å². The van der Waals surface area contributed by atoms with Gasteiger partial charge in [0.05, 0.1) is 4.90 Å². The number of aromatic amines is 1. The molecule has 2 aromatic rings. The first kappa shape index (κ1) is 16.8. The minimum Gasteiger partial charge on any atom is -0.358 e. The van der Waals surface area contributed by atoms with Crippen molar-refractivity contribution < 1.29 is 13.2 Å². The summed E-state index contributed by atoms with van der Waals surface area (Å²) in [7, 11) is -3.48. The van der Waals surface area contributed by atoms with E-state index in [-0.39, 0.29) is 5.78 Å². The van der Waals surface area contributed by atoms with Crippen LogP contribution in [0.25, 0.3) is 10.9 Å². The Bertz CT molecular complexity index is 937. The van der Waals surface area contributed by atoms with E-state index < -0.39 is 10.0 Å². The van der Waals surface area contributed by atoms with Crippen LogP contribution >= 0.6 is 0 Å². The van der Waals surface area contributed by atoms with Gasteiger partial charge in [0.1, 0.15) is 0 Å². The third kappa shape index (κ3) is 2.72. The quantitative estimate of drug-likeness (QED) is 0.912. The Hall–Kier alpha value is -1.66. The molecule has 1 saturated heterocycles. The monoisotopic (exact) mass is 360 g/mol. The van der Waals surface area contributed by atoms with Gasteiger partial charge in [0.25, 0.3) is 0 Å². The number of carbonyl (C=O) groups is 1. The molecular weight excluding hydrogens is 336 g/mol. The molecule has 1 N–H and O–H groups in total. The number of nitrogens with zero attached hydrogens (tertiary/aromatic N) is 1. The number of ketones is 1. The number of benzene rings is 1. The zero-order valence-corrected chi connectivity index (χ0v) is 15.4. The average molecular weight is 360 g/mol. The fraction of sp³-hybridized carbons (Fsp3) is 0.526. The number of aryl methyl sites for hydroxylation is 2. The van der Waals surface area contributed by atoms with E-state index in [1.54, 1.807) is 10.4 Å². The van der Waals surface area contributed by atoms with Gasteiger partial charge in [0, 0.05) is 41.7 Å². The molecule has 134 valence electrons. The fourth-order valence-corrected chi connectivity index (χ4v) is 5.96. The summed E-state index contributed by atoms with van der Waals surface area (Å²) in [6.45, 7) is 3.17. The molecule has 25 heavy (non-hydrogen) atoms. The van der Waals surface area contributed by atoms with Gasteiger partial charge in [-0.25, -0.2) is 8.42 Å². The normalized spacial score (nSPS) is 19.3. The molecule has 1 aliphatic heterocycles. The van der Waals surface area contributed by atoms with Crippen LogP contribution in [-0.4, -0.2) is 36.6 Å². The maximum atomic E-state index is 13.2. The van der Waals surface area contributed by atoms with Gasteiger partial charge >= 0.3 is 0 Å².